The molecule has 1 saturated carbocycles. The summed E-state index contributed by atoms with van der Waals surface area (Å²) in [6.45, 7) is 3.67. The van der Waals surface area contributed by atoms with Crippen molar-refractivity contribution in [1.82, 2.24) is 15.1 Å². The molecule has 0 radical (unpaired) electrons. The van der Waals surface area contributed by atoms with Crippen molar-refractivity contribution in [3.63, 3.8) is 0 Å². The zero-order valence-corrected chi connectivity index (χ0v) is 14.6. The van der Waals surface area contributed by atoms with Crippen LogP contribution in [0.1, 0.15) is 47.4 Å². The molecule has 132 valence electrons. The molecule has 6 nitrogen and oxygen atoms in total. The van der Waals surface area contributed by atoms with Crippen LogP contribution in [0, 0.1) is 13.8 Å². The number of carbonyl (C=O) groups is 2. The van der Waals surface area contributed by atoms with Gasteiger partial charge in [-0.2, -0.15) is 5.10 Å². The molecule has 1 N–H and O–H groups in total. The molecule has 1 aromatic carbocycles. The van der Waals surface area contributed by atoms with E-state index < -0.39 is 5.97 Å². The van der Waals surface area contributed by atoms with E-state index in [9.17, 15) is 9.59 Å². The van der Waals surface area contributed by atoms with Crippen LogP contribution in [0.2, 0.25) is 0 Å². The maximum absolute atomic E-state index is 12.1. The minimum absolute atomic E-state index is 0.228. The van der Waals surface area contributed by atoms with Gasteiger partial charge in [0.2, 0.25) is 0 Å². The summed E-state index contributed by atoms with van der Waals surface area (Å²) in [4.78, 5) is 23.9. The molecule has 1 heterocycles. The molecular weight excluding hydrogens is 318 g/mol. The number of benzene rings is 1. The number of hydrogen-bond acceptors (Lipinski definition) is 4. The van der Waals surface area contributed by atoms with E-state index in [0.29, 0.717) is 5.56 Å². The smallest absolute Gasteiger partial charge is 0.338 e. The Morgan fingerprint density at radius 3 is 2.48 bits per heavy atom. The predicted molar refractivity (Wildman–Crippen MR) is 93.7 cm³/mol. The molecule has 1 fully saturated rings. The van der Waals surface area contributed by atoms with E-state index in [2.05, 4.69) is 10.4 Å². The van der Waals surface area contributed by atoms with Gasteiger partial charge in [-0.05, 0) is 57.0 Å². The van der Waals surface area contributed by atoms with Crippen molar-refractivity contribution in [2.24, 2.45) is 0 Å². The van der Waals surface area contributed by atoms with Gasteiger partial charge in [0.05, 0.1) is 16.9 Å². The summed E-state index contributed by atoms with van der Waals surface area (Å²) in [6, 6.07) is 9.21. The molecule has 1 aromatic heterocycles. The summed E-state index contributed by atoms with van der Waals surface area (Å²) >= 11 is 0. The fourth-order valence-corrected chi connectivity index (χ4v) is 3.18. The third-order valence-corrected chi connectivity index (χ3v) is 4.41. The zero-order chi connectivity index (χ0) is 17.8. The highest BCUT2D eigenvalue weighted by Gasteiger charge is 2.18. The number of ether oxygens (including phenoxy) is 1. The van der Waals surface area contributed by atoms with Crippen molar-refractivity contribution < 1.29 is 14.3 Å². The maximum atomic E-state index is 12.1. The second-order valence-corrected chi connectivity index (χ2v) is 6.51. The summed E-state index contributed by atoms with van der Waals surface area (Å²) in [5, 5.41) is 7.31. The van der Waals surface area contributed by atoms with E-state index in [-0.39, 0.29) is 18.6 Å². The van der Waals surface area contributed by atoms with Crippen LogP contribution < -0.4 is 5.32 Å². The van der Waals surface area contributed by atoms with Gasteiger partial charge in [-0.25, -0.2) is 9.48 Å². The van der Waals surface area contributed by atoms with Gasteiger partial charge < -0.3 is 10.1 Å². The number of rotatable bonds is 5. The first-order chi connectivity index (χ1) is 12.0. The number of hydrogen-bond donors (Lipinski definition) is 1. The number of amides is 1. The van der Waals surface area contributed by atoms with Crippen LogP contribution in [0.5, 0.6) is 0 Å². The molecule has 0 unspecified atom stereocenters. The molecule has 0 spiro atoms. The van der Waals surface area contributed by atoms with Gasteiger partial charge in [0.25, 0.3) is 5.91 Å². The van der Waals surface area contributed by atoms with Gasteiger partial charge in [0.15, 0.2) is 6.61 Å². The fraction of sp³-hybridized carbons (Fsp3) is 0.421. The first kappa shape index (κ1) is 17.2. The molecule has 0 atom stereocenters. The number of aryl methyl sites for hydroxylation is 2. The largest absolute Gasteiger partial charge is 0.452 e. The van der Waals surface area contributed by atoms with Crippen LogP contribution in [0.25, 0.3) is 5.69 Å². The second-order valence-electron chi connectivity index (χ2n) is 6.51. The number of carbonyl (C=O) groups excluding carboxylic acids is 2. The van der Waals surface area contributed by atoms with Crippen LogP contribution in [0.15, 0.2) is 30.3 Å². The van der Waals surface area contributed by atoms with Gasteiger partial charge in [-0.1, -0.05) is 12.8 Å². The lowest BCUT2D eigenvalue weighted by molar-refractivity contribution is -0.124. The van der Waals surface area contributed by atoms with Gasteiger partial charge in [0.1, 0.15) is 0 Å². The normalized spacial score (nSPS) is 14.5. The van der Waals surface area contributed by atoms with Crippen molar-refractivity contribution in [2.45, 2.75) is 45.6 Å². The SMILES string of the molecule is Cc1cc(C)n(-c2ccc(C(=O)OCC(=O)NC3CCCC3)cc2)n1. The summed E-state index contributed by atoms with van der Waals surface area (Å²) in [7, 11) is 0. The number of esters is 1. The van der Waals surface area contributed by atoms with Gasteiger partial charge in [0, 0.05) is 11.7 Å². The lowest BCUT2D eigenvalue weighted by Gasteiger charge is -2.12. The zero-order valence-electron chi connectivity index (χ0n) is 14.6. The Kier molecular flexibility index (Phi) is 5.16. The number of aromatic nitrogens is 2. The van der Waals surface area contributed by atoms with Crippen LogP contribution in [-0.4, -0.2) is 34.3 Å². The van der Waals surface area contributed by atoms with E-state index in [1.54, 1.807) is 12.1 Å². The van der Waals surface area contributed by atoms with Crippen LogP contribution in [0.4, 0.5) is 0 Å². The third kappa shape index (κ3) is 4.26. The second kappa shape index (κ2) is 7.51. The lowest BCUT2D eigenvalue weighted by Crippen LogP contribution is -2.35. The molecule has 0 aliphatic heterocycles. The van der Waals surface area contributed by atoms with Gasteiger partial charge in [-0.3, -0.25) is 4.79 Å². The lowest BCUT2D eigenvalue weighted by atomic mass is 10.2. The van der Waals surface area contributed by atoms with E-state index in [1.807, 2.05) is 36.7 Å². The minimum Gasteiger partial charge on any atom is -0.452 e. The summed E-state index contributed by atoms with van der Waals surface area (Å²) < 4.78 is 6.92. The Morgan fingerprint density at radius 2 is 1.88 bits per heavy atom. The Morgan fingerprint density at radius 1 is 1.20 bits per heavy atom. The molecule has 0 bridgehead atoms. The highest BCUT2D eigenvalue weighted by Crippen LogP contribution is 2.17. The minimum atomic E-state index is -0.499. The highest BCUT2D eigenvalue weighted by molar-refractivity contribution is 5.91. The molecule has 25 heavy (non-hydrogen) atoms. The van der Waals surface area contributed by atoms with Crippen molar-refractivity contribution >= 4 is 11.9 Å². The first-order valence-corrected chi connectivity index (χ1v) is 8.63. The Labute approximate surface area is 147 Å². The average molecular weight is 341 g/mol. The quantitative estimate of drug-likeness (QED) is 0.849. The molecule has 1 amide bonds. The van der Waals surface area contributed by atoms with Gasteiger partial charge >= 0.3 is 5.97 Å². The molecule has 3 rings (SSSR count). The Balaban J connectivity index is 1.55. The molecule has 1 aliphatic carbocycles. The number of nitrogens with one attached hydrogen (secondary N) is 1. The summed E-state index contributed by atoms with van der Waals surface area (Å²) in [5.74, 6) is -0.735. The fourth-order valence-electron chi connectivity index (χ4n) is 3.18. The van der Waals surface area contributed by atoms with Crippen molar-refractivity contribution in [1.29, 1.82) is 0 Å². The number of nitrogens with zero attached hydrogens (tertiary/aromatic N) is 2. The van der Waals surface area contributed by atoms with Crippen LogP contribution >= 0.6 is 0 Å². The topological polar surface area (TPSA) is 73.2 Å². The van der Waals surface area contributed by atoms with Gasteiger partial charge in [-0.15, -0.1) is 0 Å². The van der Waals surface area contributed by atoms with Crippen molar-refractivity contribution in [3.05, 3.63) is 47.3 Å². The molecule has 1 aliphatic rings. The standard InChI is InChI=1S/C19H23N3O3/c1-13-11-14(2)22(21-13)17-9-7-15(8-10-17)19(24)25-12-18(23)20-16-5-3-4-6-16/h7-11,16H,3-6,12H2,1-2H3,(H,20,23). The monoisotopic (exact) mass is 341 g/mol. The van der Waals surface area contributed by atoms with Crippen LogP contribution in [0.3, 0.4) is 0 Å². The molecule has 2 aromatic rings. The van der Waals surface area contributed by atoms with E-state index in [1.165, 1.54) is 0 Å². The molecule has 6 heteroatoms. The molecule has 0 saturated heterocycles. The highest BCUT2D eigenvalue weighted by atomic mass is 16.5. The predicted octanol–water partition coefficient (Wildman–Crippen LogP) is 2.70. The average Bonchev–Trinajstić information content (AvgIpc) is 3.22. The van der Waals surface area contributed by atoms with Crippen LogP contribution in [-0.2, 0) is 9.53 Å². The van der Waals surface area contributed by atoms with E-state index in [4.69, 9.17) is 4.74 Å². The maximum Gasteiger partial charge on any atom is 0.338 e. The Bertz CT molecular complexity index is 759. The van der Waals surface area contributed by atoms with Crippen molar-refractivity contribution in [2.75, 3.05) is 6.61 Å². The van der Waals surface area contributed by atoms with Crippen molar-refractivity contribution in [3.8, 4) is 5.69 Å². The first-order valence-electron chi connectivity index (χ1n) is 8.63. The Hall–Kier alpha value is -2.63. The third-order valence-electron chi connectivity index (χ3n) is 4.41. The van der Waals surface area contributed by atoms with E-state index >= 15 is 0 Å². The summed E-state index contributed by atoms with van der Waals surface area (Å²) in [5.41, 5.74) is 3.26. The summed E-state index contributed by atoms with van der Waals surface area (Å²) in [6.07, 6.45) is 4.31. The van der Waals surface area contributed by atoms with E-state index in [0.717, 1.165) is 42.8 Å². The molecular formula is C19H23N3O3.